The fourth-order valence-electron chi connectivity index (χ4n) is 4.68. The Morgan fingerprint density at radius 2 is 1.70 bits per heavy atom. The number of nitrogens with zero attached hydrogens (tertiary/aromatic N) is 1. The number of nitrogens with one attached hydrogen (secondary N) is 1. The third-order valence-electron chi connectivity index (χ3n) is 6.37. The fraction of sp³-hybridized carbons (Fsp3) is 0.417. The summed E-state index contributed by atoms with van der Waals surface area (Å²) in [5, 5.41) is 7.61. The van der Waals surface area contributed by atoms with Gasteiger partial charge in [0.05, 0.1) is 0 Å². The summed E-state index contributed by atoms with van der Waals surface area (Å²) < 4.78 is 1.41. The first-order valence-corrected chi connectivity index (χ1v) is 11.0. The average molecular weight is 379 g/mol. The van der Waals surface area contributed by atoms with Gasteiger partial charge in [-0.05, 0) is 80.7 Å². The molecule has 1 heterocycles. The molecule has 0 saturated heterocycles. The Bertz CT molecular complexity index is 860. The summed E-state index contributed by atoms with van der Waals surface area (Å²) in [4.78, 5) is 2.44. The number of hydrogen-bond donors (Lipinski definition) is 1. The first-order valence-electron chi connectivity index (χ1n) is 10.1. The molecule has 0 amide bonds. The van der Waals surface area contributed by atoms with Gasteiger partial charge in [-0.3, -0.25) is 4.90 Å². The molecule has 4 rings (SSSR count). The normalized spacial score (nSPS) is 23.1. The Morgan fingerprint density at radius 1 is 1.00 bits per heavy atom. The van der Waals surface area contributed by atoms with Crippen LogP contribution in [-0.4, -0.2) is 31.6 Å². The second-order valence-electron chi connectivity index (χ2n) is 8.03. The van der Waals surface area contributed by atoms with Crippen LogP contribution in [0.15, 0.2) is 60.0 Å². The molecule has 0 spiro atoms. The van der Waals surface area contributed by atoms with E-state index in [4.69, 9.17) is 0 Å². The van der Waals surface area contributed by atoms with E-state index in [0.29, 0.717) is 6.04 Å². The zero-order valence-corrected chi connectivity index (χ0v) is 17.3. The standard InChI is InChI=1S/C24H30N2S/c1-26(2)24(20-8-4-3-5-9-20)15-12-21(13-16-24)25-17-14-19-18-27-23-11-7-6-10-22(19)23/h3-11,18,21,25H,12-17H2,1-2H3. The van der Waals surface area contributed by atoms with Gasteiger partial charge in [0.15, 0.2) is 0 Å². The summed E-state index contributed by atoms with van der Waals surface area (Å²) in [5.74, 6) is 0. The van der Waals surface area contributed by atoms with Crippen LogP contribution < -0.4 is 5.32 Å². The quantitative estimate of drug-likeness (QED) is 0.615. The van der Waals surface area contributed by atoms with Crippen LogP contribution in [0.3, 0.4) is 0 Å². The van der Waals surface area contributed by atoms with Crippen LogP contribution in [-0.2, 0) is 12.0 Å². The third kappa shape index (κ3) is 3.82. The van der Waals surface area contributed by atoms with Crippen molar-refractivity contribution in [2.24, 2.45) is 0 Å². The molecule has 3 heteroatoms. The van der Waals surface area contributed by atoms with E-state index in [2.05, 4.69) is 84.3 Å². The molecule has 1 aliphatic carbocycles. The lowest BCUT2D eigenvalue weighted by Crippen LogP contribution is -2.48. The Labute approximate surface area is 167 Å². The van der Waals surface area contributed by atoms with Crippen molar-refractivity contribution in [3.8, 4) is 0 Å². The second kappa shape index (κ2) is 8.14. The van der Waals surface area contributed by atoms with Crippen molar-refractivity contribution >= 4 is 21.4 Å². The van der Waals surface area contributed by atoms with Crippen LogP contribution >= 0.6 is 11.3 Å². The molecule has 2 nitrogen and oxygen atoms in total. The molecular weight excluding hydrogens is 348 g/mol. The van der Waals surface area contributed by atoms with Gasteiger partial charge in [-0.25, -0.2) is 0 Å². The van der Waals surface area contributed by atoms with E-state index in [-0.39, 0.29) is 5.54 Å². The highest BCUT2D eigenvalue weighted by molar-refractivity contribution is 7.17. The zero-order chi connectivity index (χ0) is 18.7. The number of rotatable bonds is 6. The highest BCUT2D eigenvalue weighted by atomic mass is 32.1. The van der Waals surface area contributed by atoms with Gasteiger partial charge in [-0.1, -0.05) is 48.5 Å². The van der Waals surface area contributed by atoms with Gasteiger partial charge in [0, 0.05) is 16.3 Å². The monoisotopic (exact) mass is 378 g/mol. The van der Waals surface area contributed by atoms with Gasteiger partial charge >= 0.3 is 0 Å². The maximum absolute atomic E-state index is 3.84. The van der Waals surface area contributed by atoms with Crippen LogP contribution in [0.1, 0.15) is 36.8 Å². The van der Waals surface area contributed by atoms with Crippen LogP contribution in [0.5, 0.6) is 0 Å². The highest BCUT2D eigenvalue weighted by Gasteiger charge is 2.38. The smallest absolute Gasteiger partial charge is 0.0455 e. The summed E-state index contributed by atoms with van der Waals surface area (Å²) in [6, 6.07) is 20.5. The molecule has 0 bridgehead atoms. The SMILES string of the molecule is CN(C)C1(c2ccccc2)CCC(NCCc2csc3ccccc23)CC1. The van der Waals surface area contributed by atoms with E-state index in [1.807, 2.05) is 11.3 Å². The first-order chi connectivity index (χ1) is 13.2. The molecule has 3 aromatic rings. The molecule has 1 fully saturated rings. The predicted molar refractivity (Wildman–Crippen MR) is 118 cm³/mol. The van der Waals surface area contributed by atoms with E-state index in [1.165, 1.54) is 46.9 Å². The summed E-state index contributed by atoms with van der Waals surface area (Å²) in [5.41, 5.74) is 3.16. The Hall–Kier alpha value is -1.68. The van der Waals surface area contributed by atoms with Crippen LogP contribution in [0.2, 0.25) is 0 Å². The molecule has 0 atom stereocenters. The van der Waals surface area contributed by atoms with Crippen molar-refractivity contribution in [1.29, 1.82) is 0 Å². The number of hydrogen-bond acceptors (Lipinski definition) is 3. The van der Waals surface area contributed by atoms with Gasteiger partial charge < -0.3 is 5.32 Å². The minimum Gasteiger partial charge on any atom is -0.314 e. The van der Waals surface area contributed by atoms with Crippen molar-refractivity contribution in [3.63, 3.8) is 0 Å². The molecule has 1 aliphatic rings. The molecule has 1 N–H and O–H groups in total. The molecule has 0 radical (unpaired) electrons. The van der Waals surface area contributed by atoms with Gasteiger partial charge in [0.2, 0.25) is 0 Å². The van der Waals surface area contributed by atoms with Gasteiger partial charge in [-0.2, -0.15) is 0 Å². The number of benzene rings is 2. The van der Waals surface area contributed by atoms with E-state index in [1.54, 1.807) is 0 Å². The summed E-state index contributed by atoms with van der Waals surface area (Å²) >= 11 is 1.87. The van der Waals surface area contributed by atoms with Gasteiger partial charge in [-0.15, -0.1) is 11.3 Å². The highest BCUT2D eigenvalue weighted by Crippen LogP contribution is 2.41. The zero-order valence-electron chi connectivity index (χ0n) is 16.4. The molecule has 0 unspecified atom stereocenters. The molecule has 27 heavy (non-hydrogen) atoms. The topological polar surface area (TPSA) is 15.3 Å². The van der Waals surface area contributed by atoms with E-state index in [9.17, 15) is 0 Å². The second-order valence-corrected chi connectivity index (χ2v) is 8.94. The minimum absolute atomic E-state index is 0.197. The average Bonchev–Trinajstić information content (AvgIpc) is 3.12. The molecule has 1 aromatic heterocycles. The molecule has 0 aliphatic heterocycles. The van der Waals surface area contributed by atoms with Crippen molar-refractivity contribution in [2.75, 3.05) is 20.6 Å². The Kier molecular flexibility index (Phi) is 5.63. The van der Waals surface area contributed by atoms with Crippen LogP contribution in [0, 0.1) is 0 Å². The minimum atomic E-state index is 0.197. The van der Waals surface area contributed by atoms with Crippen LogP contribution in [0.25, 0.3) is 10.1 Å². The maximum atomic E-state index is 3.84. The molecule has 2 aromatic carbocycles. The lowest BCUT2D eigenvalue weighted by atomic mass is 9.74. The molecule has 142 valence electrons. The number of thiophene rings is 1. The van der Waals surface area contributed by atoms with E-state index < -0.39 is 0 Å². The van der Waals surface area contributed by atoms with Crippen molar-refractivity contribution in [1.82, 2.24) is 10.2 Å². The fourth-order valence-corrected chi connectivity index (χ4v) is 5.68. The summed E-state index contributed by atoms with van der Waals surface area (Å²) in [6.07, 6.45) is 6.07. The molecule has 1 saturated carbocycles. The lowest BCUT2D eigenvalue weighted by Gasteiger charge is -2.45. The van der Waals surface area contributed by atoms with Crippen molar-refractivity contribution in [2.45, 2.75) is 43.7 Å². The predicted octanol–water partition coefficient (Wildman–Crippen LogP) is 5.43. The number of fused-ring (bicyclic) bond motifs is 1. The molecular formula is C24H30N2S. The van der Waals surface area contributed by atoms with E-state index >= 15 is 0 Å². The maximum Gasteiger partial charge on any atom is 0.0455 e. The third-order valence-corrected chi connectivity index (χ3v) is 7.38. The Balaban J connectivity index is 1.34. The lowest BCUT2D eigenvalue weighted by molar-refractivity contribution is 0.0858. The van der Waals surface area contributed by atoms with Gasteiger partial charge in [0.1, 0.15) is 0 Å². The first kappa shape index (κ1) is 18.7. The van der Waals surface area contributed by atoms with E-state index in [0.717, 1.165) is 13.0 Å². The van der Waals surface area contributed by atoms with Crippen molar-refractivity contribution in [3.05, 3.63) is 71.1 Å². The van der Waals surface area contributed by atoms with Crippen molar-refractivity contribution < 1.29 is 0 Å². The van der Waals surface area contributed by atoms with Gasteiger partial charge in [0.25, 0.3) is 0 Å². The summed E-state index contributed by atoms with van der Waals surface area (Å²) in [7, 11) is 4.48. The van der Waals surface area contributed by atoms with Crippen LogP contribution in [0.4, 0.5) is 0 Å². The summed E-state index contributed by atoms with van der Waals surface area (Å²) in [6.45, 7) is 1.08. The largest absolute Gasteiger partial charge is 0.314 e. The Morgan fingerprint density at radius 3 is 2.44 bits per heavy atom.